The van der Waals surface area contributed by atoms with Gasteiger partial charge in [0.15, 0.2) is 0 Å². The van der Waals surface area contributed by atoms with E-state index in [4.69, 9.17) is 0 Å². The summed E-state index contributed by atoms with van der Waals surface area (Å²) in [6, 6.07) is 7.24. The number of fused-ring (bicyclic) bond motifs is 2. The highest BCUT2D eigenvalue weighted by Gasteiger charge is 2.48. The molecule has 3 rings (SSSR count). The Morgan fingerprint density at radius 2 is 1.90 bits per heavy atom. The molecule has 4 nitrogen and oxygen atoms in total. The van der Waals surface area contributed by atoms with Gasteiger partial charge in [-0.1, -0.05) is 34.1 Å². The van der Waals surface area contributed by atoms with Crippen LogP contribution in [-0.4, -0.2) is 11.9 Å². The zero-order chi connectivity index (χ0) is 14.3. The van der Waals surface area contributed by atoms with Crippen LogP contribution in [0.5, 0.6) is 0 Å². The van der Waals surface area contributed by atoms with Crippen LogP contribution in [0.1, 0.15) is 6.42 Å². The Balaban J connectivity index is 1.80. The van der Waals surface area contributed by atoms with Crippen LogP contribution in [0.3, 0.4) is 0 Å². The second kappa shape index (κ2) is 5.05. The second-order valence-corrected chi connectivity index (χ2v) is 6.23. The summed E-state index contributed by atoms with van der Waals surface area (Å²) < 4.78 is 0.861. The van der Waals surface area contributed by atoms with Crippen LogP contribution >= 0.6 is 15.9 Å². The Kier molecular flexibility index (Phi) is 3.38. The number of anilines is 1. The van der Waals surface area contributed by atoms with Gasteiger partial charge >= 0.3 is 0 Å². The Hall–Kier alpha value is -1.62. The van der Waals surface area contributed by atoms with Gasteiger partial charge in [0.1, 0.15) is 0 Å². The third-order valence-electron chi connectivity index (χ3n) is 4.13. The molecule has 5 heteroatoms. The first-order valence-electron chi connectivity index (χ1n) is 6.52. The molecular weight excluding hydrogens is 322 g/mol. The minimum atomic E-state index is -1.13. The molecule has 0 radical (unpaired) electrons. The summed E-state index contributed by atoms with van der Waals surface area (Å²) in [6.07, 6.45) is 4.58. The van der Waals surface area contributed by atoms with Crippen molar-refractivity contribution in [3.05, 3.63) is 40.9 Å². The maximum Gasteiger partial charge on any atom is 0.228 e. The van der Waals surface area contributed by atoms with Crippen molar-refractivity contribution in [2.45, 2.75) is 6.42 Å². The van der Waals surface area contributed by atoms with E-state index in [2.05, 4.69) is 21.2 Å². The zero-order valence-electron chi connectivity index (χ0n) is 10.6. The molecule has 0 unspecified atom stereocenters. The van der Waals surface area contributed by atoms with E-state index in [-0.39, 0.29) is 17.7 Å². The molecule has 4 atom stereocenters. The molecule has 2 aliphatic rings. The molecule has 0 spiro atoms. The van der Waals surface area contributed by atoms with E-state index < -0.39 is 17.8 Å². The van der Waals surface area contributed by atoms with Crippen LogP contribution in [0.25, 0.3) is 0 Å². The summed E-state index contributed by atoms with van der Waals surface area (Å²) in [5, 5.41) is 14.1. The molecule has 20 heavy (non-hydrogen) atoms. The summed E-state index contributed by atoms with van der Waals surface area (Å²) in [4.78, 5) is 23.7. The number of amides is 1. The highest BCUT2D eigenvalue weighted by molar-refractivity contribution is 9.10. The molecule has 1 amide bonds. The molecule has 2 aliphatic carbocycles. The lowest BCUT2D eigenvalue weighted by molar-refractivity contribution is -0.313. The van der Waals surface area contributed by atoms with E-state index in [0.717, 1.165) is 10.9 Å². The number of aliphatic carboxylic acids is 1. The number of carboxylic acids is 1. The molecule has 1 saturated carbocycles. The fraction of sp³-hybridized carbons (Fsp3) is 0.333. The van der Waals surface area contributed by atoms with Crippen molar-refractivity contribution in [2.24, 2.45) is 23.7 Å². The monoisotopic (exact) mass is 334 g/mol. The number of hydrogen-bond acceptors (Lipinski definition) is 3. The first kappa shape index (κ1) is 13.4. The number of hydrogen-bond donors (Lipinski definition) is 1. The third-order valence-corrected chi connectivity index (χ3v) is 4.62. The van der Waals surface area contributed by atoms with Crippen LogP contribution in [0.4, 0.5) is 5.69 Å². The summed E-state index contributed by atoms with van der Waals surface area (Å²) in [7, 11) is 0. The maximum atomic E-state index is 12.4. The highest BCUT2D eigenvalue weighted by atomic mass is 79.9. The van der Waals surface area contributed by atoms with Crippen molar-refractivity contribution >= 4 is 33.5 Å². The molecule has 0 aliphatic heterocycles. The average Bonchev–Trinajstić information content (AvgIpc) is 2.98. The number of allylic oxidation sites excluding steroid dienone is 2. The molecule has 0 heterocycles. The van der Waals surface area contributed by atoms with Gasteiger partial charge in [-0.25, -0.2) is 0 Å². The van der Waals surface area contributed by atoms with Gasteiger partial charge in [0.05, 0.1) is 5.92 Å². The van der Waals surface area contributed by atoms with E-state index in [1.807, 2.05) is 24.3 Å². The van der Waals surface area contributed by atoms with Gasteiger partial charge in [0.25, 0.3) is 0 Å². The Labute approximate surface area is 125 Å². The minimum absolute atomic E-state index is 0.00931. The lowest BCUT2D eigenvalue weighted by Gasteiger charge is -2.27. The largest absolute Gasteiger partial charge is 0.550 e. The smallest absolute Gasteiger partial charge is 0.228 e. The molecule has 1 fully saturated rings. The Morgan fingerprint density at radius 1 is 1.20 bits per heavy atom. The van der Waals surface area contributed by atoms with Gasteiger partial charge in [-0.05, 0) is 36.5 Å². The maximum absolute atomic E-state index is 12.4. The van der Waals surface area contributed by atoms with Crippen molar-refractivity contribution in [2.75, 3.05) is 5.32 Å². The number of carboxylic acid groups (broad SMARTS) is 1. The molecule has 1 aromatic carbocycles. The highest BCUT2D eigenvalue weighted by Crippen LogP contribution is 2.48. The van der Waals surface area contributed by atoms with Gasteiger partial charge in [-0.3, -0.25) is 4.79 Å². The van der Waals surface area contributed by atoms with E-state index in [1.165, 1.54) is 0 Å². The summed E-state index contributed by atoms with van der Waals surface area (Å²) in [5.41, 5.74) is 0.660. The van der Waals surface area contributed by atoms with Gasteiger partial charge in [-0.15, -0.1) is 0 Å². The molecule has 0 aromatic heterocycles. The number of rotatable bonds is 3. The number of nitrogens with one attached hydrogen (secondary N) is 1. The third kappa shape index (κ3) is 2.26. The van der Waals surface area contributed by atoms with E-state index in [9.17, 15) is 14.7 Å². The van der Waals surface area contributed by atoms with Crippen molar-refractivity contribution in [3.63, 3.8) is 0 Å². The number of halogens is 1. The Morgan fingerprint density at radius 3 is 2.55 bits per heavy atom. The van der Waals surface area contributed by atoms with E-state index >= 15 is 0 Å². The molecule has 0 saturated heterocycles. The van der Waals surface area contributed by atoms with E-state index in [0.29, 0.717) is 5.69 Å². The fourth-order valence-corrected chi connectivity index (χ4v) is 3.69. The molecule has 2 bridgehead atoms. The van der Waals surface area contributed by atoms with E-state index in [1.54, 1.807) is 12.1 Å². The molecule has 1 aromatic rings. The molecular formula is C15H13BrNO3-. The van der Waals surface area contributed by atoms with Crippen molar-refractivity contribution in [1.29, 1.82) is 0 Å². The number of carbonyl (C=O) groups excluding carboxylic acids is 2. The van der Waals surface area contributed by atoms with Crippen molar-refractivity contribution in [1.82, 2.24) is 0 Å². The first-order valence-corrected chi connectivity index (χ1v) is 7.31. The summed E-state index contributed by atoms with van der Waals surface area (Å²) in [5.74, 6) is -2.67. The normalized spacial score (nSPS) is 30.4. The number of benzene rings is 1. The van der Waals surface area contributed by atoms with Crippen LogP contribution in [0.15, 0.2) is 40.9 Å². The second-order valence-electron chi connectivity index (χ2n) is 5.32. The van der Waals surface area contributed by atoms with Gasteiger partial charge in [-0.2, -0.15) is 0 Å². The minimum Gasteiger partial charge on any atom is -0.550 e. The quantitative estimate of drug-likeness (QED) is 0.853. The summed E-state index contributed by atoms with van der Waals surface area (Å²) >= 11 is 3.34. The molecule has 1 N–H and O–H groups in total. The van der Waals surface area contributed by atoms with Crippen LogP contribution in [-0.2, 0) is 9.59 Å². The van der Waals surface area contributed by atoms with Crippen molar-refractivity contribution < 1.29 is 14.7 Å². The molecule has 104 valence electrons. The first-order chi connectivity index (χ1) is 9.56. The van der Waals surface area contributed by atoms with Gasteiger partial charge in [0, 0.05) is 22.0 Å². The zero-order valence-corrected chi connectivity index (χ0v) is 12.2. The lowest BCUT2D eigenvalue weighted by Crippen LogP contribution is -2.42. The van der Waals surface area contributed by atoms with Crippen LogP contribution < -0.4 is 10.4 Å². The predicted molar refractivity (Wildman–Crippen MR) is 75.5 cm³/mol. The lowest BCUT2D eigenvalue weighted by atomic mass is 9.82. The summed E-state index contributed by atoms with van der Waals surface area (Å²) in [6.45, 7) is 0. The Bertz CT molecular complexity index is 599. The van der Waals surface area contributed by atoms with Gasteiger partial charge < -0.3 is 15.2 Å². The number of carbonyl (C=O) groups is 2. The average molecular weight is 335 g/mol. The standard InChI is InChI=1S/C15H14BrNO3/c16-10-2-1-3-11(7-10)17-14(18)12-8-4-5-9(6-8)13(12)15(19)20/h1-5,7-9,12-13H,6H2,(H,17,18)(H,19,20)/p-1/t8-,9-,12-,13+/m1/s1. The van der Waals surface area contributed by atoms with Crippen LogP contribution in [0, 0.1) is 23.7 Å². The predicted octanol–water partition coefficient (Wildman–Crippen LogP) is 1.58. The fourth-order valence-electron chi connectivity index (χ4n) is 3.29. The van der Waals surface area contributed by atoms with Crippen LogP contribution in [0.2, 0.25) is 0 Å². The van der Waals surface area contributed by atoms with Crippen molar-refractivity contribution in [3.8, 4) is 0 Å². The topological polar surface area (TPSA) is 69.2 Å². The SMILES string of the molecule is O=C([O-])[C@@H]1[C@H](C(=O)Nc2cccc(Br)c2)[C@@H]2C=C[C@@H]1C2. The van der Waals surface area contributed by atoms with Gasteiger partial charge in [0.2, 0.25) is 5.91 Å².